The Hall–Kier alpha value is -2.05. The third-order valence-electron chi connectivity index (χ3n) is 2.94. The molecule has 0 bridgehead atoms. The molecule has 1 unspecified atom stereocenters. The minimum atomic E-state index is -1.70. The van der Waals surface area contributed by atoms with Gasteiger partial charge in [0, 0.05) is 12.5 Å². The van der Waals surface area contributed by atoms with Crippen LogP contribution in [-0.2, 0) is 9.59 Å². The van der Waals surface area contributed by atoms with Gasteiger partial charge in [-0.15, -0.1) is 0 Å². The van der Waals surface area contributed by atoms with Crippen LogP contribution in [0.25, 0.3) is 0 Å². The van der Waals surface area contributed by atoms with Crippen molar-refractivity contribution in [1.82, 2.24) is 0 Å². The van der Waals surface area contributed by atoms with Crippen molar-refractivity contribution in [2.24, 2.45) is 11.8 Å². The number of rotatable bonds is 5. The predicted octanol–water partition coefficient (Wildman–Crippen LogP) is 2.81. The highest BCUT2D eigenvalue weighted by Crippen LogP contribution is 2.26. The first-order valence-electron chi connectivity index (χ1n) is 6.34. The normalized spacial score (nSPS) is 12.3. The molecule has 0 radical (unpaired) electrons. The molecule has 0 fully saturated rings. The molecule has 0 aliphatic carbocycles. The van der Waals surface area contributed by atoms with E-state index in [1.807, 2.05) is 0 Å². The van der Waals surface area contributed by atoms with Gasteiger partial charge in [0.1, 0.15) is 0 Å². The van der Waals surface area contributed by atoms with Crippen LogP contribution in [0.5, 0.6) is 0 Å². The summed E-state index contributed by atoms with van der Waals surface area (Å²) >= 11 is 0. The van der Waals surface area contributed by atoms with Crippen molar-refractivity contribution < 1.29 is 27.9 Å². The number of carbonyl (C=O) groups excluding carboxylic acids is 1. The minimum absolute atomic E-state index is 0.339. The van der Waals surface area contributed by atoms with Crippen molar-refractivity contribution in [2.75, 3.05) is 11.4 Å². The van der Waals surface area contributed by atoms with E-state index in [1.54, 1.807) is 13.8 Å². The molecule has 1 amide bonds. The Morgan fingerprint density at radius 3 is 2.19 bits per heavy atom. The summed E-state index contributed by atoms with van der Waals surface area (Å²) in [4.78, 5) is 23.8. The molecule has 7 heteroatoms. The number of benzene rings is 1. The van der Waals surface area contributed by atoms with Crippen molar-refractivity contribution in [3.8, 4) is 0 Å². The average Bonchev–Trinajstić information content (AvgIpc) is 2.41. The molecule has 4 nitrogen and oxygen atoms in total. The molecule has 1 aromatic carbocycles. The lowest BCUT2D eigenvalue weighted by Crippen LogP contribution is -2.40. The van der Waals surface area contributed by atoms with E-state index in [4.69, 9.17) is 5.11 Å². The number of hydrogen-bond acceptors (Lipinski definition) is 2. The van der Waals surface area contributed by atoms with E-state index < -0.39 is 46.9 Å². The van der Waals surface area contributed by atoms with E-state index in [2.05, 4.69) is 0 Å². The maximum Gasteiger partial charge on any atom is 0.308 e. The van der Waals surface area contributed by atoms with E-state index in [9.17, 15) is 22.8 Å². The summed E-state index contributed by atoms with van der Waals surface area (Å²) < 4.78 is 40.1. The number of carboxylic acid groups (broad SMARTS) is 1. The molecule has 21 heavy (non-hydrogen) atoms. The molecule has 0 heterocycles. The number of halogens is 3. The van der Waals surface area contributed by atoms with Gasteiger partial charge in [-0.25, -0.2) is 13.2 Å². The zero-order valence-corrected chi connectivity index (χ0v) is 11.9. The molecule has 1 rings (SSSR count). The van der Waals surface area contributed by atoms with Crippen LogP contribution in [0.2, 0.25) is 0 Å². The lowest BCUT2D eigenvalue weighted by atomic mass is 10.1. The van der Waals surface area contributed by atoms with E-state index in [0.717, 1.165) is 11.0 Å². The summed E-state index contributed by atoms with van der Waals surface area (Å²) in [6.45, 7) is 4.08. The van der Waals surface area contributed by atoms with Gasteiger partial charge < -0.3 is 10.0 Å². The number of hydrogen-bond donors (Lipinski definition) is 1. The Kier molecular flexibility index (Phi) is 5.34. The van der Waals surface area contributed by atoms with Crippen molar-refractivity contribution in [3.63, 3.8) is 0 Å². The zero-order valence-electron chi connectivity index (χ0n) is 11.9. The maximum absolute atomic E-state index is 13.8. The van der Waals surface area contributed by atoms with Gasteiger partial charge in [-0.05, 0) is 12.1 Å². The Morgan fingerprint density at radius 2 is 1.71 bits per heavy atom. The Labute approximate surface area is 120 Å². The molecule has 116 valence electrons. The summed E-state index contributed by atoms with van der Waals surface area (Å²) in [6, 6.07) is 1.61. The standard InChI is InChI=1S/C14H16F3NO3/c1-7(2)13(19)18(6-8(3)14(20)21)10-5-4-9(15)11(16)12(10)17/h4-5,7-8H,6H2,1-3H3,(H,20,21). The quantitative estimate of drug-likeness (QED) is 0.851. The number of nitrogens with zero attached hydrogens (tertiary/aromatic N) is 1. The van der Waals surface area contributed by atoms with Crippen LogP contribution in [0.3, 0.4) is 0 Å². The Bertz CT molecular complexity index is 561. The van der Waals surface area contributed by atoms with Crippen LogP contribution in [0.1, 0.15) is 20.8 Å². The number of carbonyl (C=O) groups is 2. The molecule has 0 aliphatic heterocycles. The van der Waals surface area contributed by atoms with Gasteiger partial charge >= 0.3 is 5.97 Å². The summed E-state index contributed by atoms with van der Waals surface area (Å²) in [5.74, 6) is -7.88. The Balaban J connectivity index is 3.27. The summed E-state index contributed by atoms with van der Waals surface area (Å²) in [5, 5.41) is 8.90. The average molecular weight is 303 g/mol. The van der Waals surface area contributed by atoms with Crippen LogP contribution in [0.4, 0.5) is 18.9 Å². The second-order valence-electron chi connectivity index (χ2n) is 5.04. The molecule has 0 aromatic heterocycles. The van der Waals surface area contributed by atoms with Gasteiger partial charge in [0.25, 0.3) is 0 Å². The first-order valence-corrected chi connectivity index (χ1v) is 6.34. The summed E-state index contributed by atoms with van der Waals surface area (Å²) in [5.41, 5.74) is -0.472. The third-order valence-corrected chi connectivity index (χ3v) is 2.94. The number of amides is 1. The van der Waals surface area contributed by atoms with E-state index >= 15 is 0 Å². The molecule has 0 saturated carbocycles. The van der Waals surface area contributed by atoms with Crippen LogP contribution in [0, 0.1) is 29.3 Å². The summed E-state index contributed by atoms with van der Waals surface area (Å²) in [7, 11) is 0. The van der Waals surface area contributed by atoms with E-state index in [1.165, 1.54) is 6.92 Å². The van der Waals surface area contributed by atoms with Crippen molar-refractivity contribution in [3.05, 3.63) is 29.6 Å². The second kappa shape index (κ2) is 6.60. The molecule has 0 aliphatic rings. The highest BCUT2D eigenvalue weighted by Gasteiger charge is 2.27. The van der Waals surface area contributed by atoms with Gasteiger partial charge in [-0.2, -0.15) is 0 Å². The number of anilines is 1. The zero-order chi connectivity index (χ0) is 16.3. The lowest BCUT2D eigenvalue weighted by Gasteiger charge is -2.26. The minimum Gasteiger partial charge on any atom is -0.481 e. The molecule has 1 N–H and O–H groups in total. The number of carboxylic acids is 1. The molecule has 0 spiro atoms. The van der Waals surface area contributed by atoms with Crippen LogP contribution < -0.4 is 4.90 Å². The van der Waals surface area contributed by atoms with Gasteiger partial charge in [-0.1, -0.05) is 20.8 Å². The van der Waals surface area contributed by atoms with Gasteiger partial charge in [0.2, 0.25) is 5.91 Å². The maximum atomic E-state index is 13.8. The van der Waals surface area contributed by atoms with Gasteiger partial charge in [-0.3, -0.25) is 9.59 Å². The molecular weight excluding hydrogens is 287 g/mol. The second-order valence-corrected chi connectivity index (χ2v) is 5.04. The van der Waals surface area contributed by atoms with Gasteiger partial charge in [0.15, 0.2) is 17.5 Å². The predicted molar refractivity (Wildman–Crippen MR) is 70.3 cm³/mol. The van der Waals surface area contributed by atoms with Crippen LogP contribution in [-0.4, -0.2) is 23.5 Å². The van der Waals surface area contributed by atoms with Crippen LogP contribution >= 0.6 is 0 Å². The SMILES string of the molecule is CC(C)C(=O)N(CC(C)C(=O)O)c1ccc(F)c(F)c1F. The fourth-order valence-electron chi connectivity index (χ4n) is 1.69. The fourth-order valence-corrected chi connectivity index (χ4v) is 1.69. The first kappa shape index (κ1) is 17.0. The lowest BCUT2D eigenvalue weighted by molar-refractivity contribution is -0.140. The van der Waals surface area contributed by atoms with E-state index in [0.29, 0.717) is 6.07 Å². The van der Waals surface area contributed by atoms with Crippen molar-refractivity contribution >= 4 is 17.6 Å². The monoisotopic (exact) mass is 303 g/mol. The van der Waals surface area contributed by atoms with E-state index in [-0.39, 0.29) is 6.54 Å². The van der Waals surface area contributed by atoms with Crippen LogP contribution in [0.15, 0.2) is 12.1 Å². The largest absolute Gasteiger partial charge is 0.481 e. The molecule has 1 atom stereocenters. The molecule has 0 saturated heterocycles. The van der Waals surface area contributed by atoms with Crippen molar-refractivity contribution in [1.29, 1.82) is 0 Å². The summed E-state index contributed by atoms with van der Waals surface area (Å²) in [6.07, 6.45) is 0. The highest BCUT2D eigenvalue weighted by atomic mass is 19.2. The Morgan fingerprint density at radius 1 is 1.14 bits per heavy atom. The van der Waals surface area contributed by atoms with Gasteiger partial charge in [0.05, 0.1) is 11.6 Å². The molecular formula is C14H16F3NO3. The van der Waals surface area contributed by atoms with Crippen molar-refractivity contribution in [2.45, 2.75) is 20.8 Å². The topological polar surface area (TPSA) is 57.6 Å². The highest BCUT2D eigenvalue weighted by molar-refractivity contribution is 5.95. The smallest absolute Gasteiger partial charge is 0.308 e. The third kappa shape index (κ3) is 3.74. The first-order chi connectivity index (χ1) is 9.66. The number of aliphatic carboxylic acids is 1. The fraction of sp³-hybridized carbons (Fsp3) is 0.429. The molecule has 1 aromatic rings.